The molecule has 1 saturated heterocycles. The van der Waals surface area contributed by atoms with Crippen molar-refractivity contribution in [2.24, 2.45) is 5.92 Å². The Morgan fingerprint density at radius 2 is 1.93 bits per heavy atom. The van der Waals surface area contributed by atoms with Gasteiger partial charge in [0, 0.05) is 38.4 Å². The molecule has 3 rings (SSSR count). The quantitative estimate of drug-likeness (QED) is 0.897. The predicted molar refractivity (Wildman–Crippen MR) is 106 cm³/mol. The number of anilines is 3. The minimum atomic E-state index is -0.508. The third-order valence-corrected chi connectivity index (χ3v) is 4.87. The first kappa shape index (κ1) is 18.9. The maximum absolute atomic E-state index is 14.2. The van der Waals surface area contributed by atoms with Gasteiger partial charge in [-0.05, 0) is 55.3 Å². The van der Waals surface area contributed by atoms with Crippen LogP contribution in [0.25, 0.3) is 0 Å². The van der Waals surface area contributed by atoms with E-state index >= 15 is 0 Å². The Morgan fingerprint density at radius 3 is 2.56 bits per heavy atom. The van der Waals surface area contributed by atoms with Crippen molar-refractivity contribution in [2.75, 3.05) is 35.8 Å². The van der Waals surface area contributed by atoms with Gasteiger partial charge in [0.25, 0.3) is 0 Å². The van der Waals surface area contributed by atoms with Crippen LogP contribution in [-0.2, 0) is 9.59 Å². The summed E-state index contributed by atoms with van der Waals surface area (Å²) in [5.41, 5.74) is 3.72. The van der Waals surface area contributed by atoms with E-state index in [1.165, 1.54) is 11.0 Å². The van der Waals surface area contributed by atoms with Crippen LogP contribution in [0.15, 0.2) is 36.4 Å². The predicted octanol–water partition coefficient (Wildman–Crippen LogP) is 3.50. The molecule has 2 aromatic carbocycles. The number of carbonyl (C=O) groups is 2. The Hall–Kier alpha value is -2.89. The van der Waals surface area contributed by atoms with Crippen LogP contribution in [-0.4, -0.2) is 32.5 Å². The number of amides is 2. The molecule has 0 aliphatic carbocycles. The number of benzene rings is 2. The van der Waals surface area contributed by atoms with Gasteiger partial charge in [-0.1, -0.05) is 6.07 Å². The van der Waals surface area contributed by atoms with E-state index in [4.69, 9.17) is 0 Å². The fraction of sp³-hybridized carbons (Fsp3) is 0.333. The van der Waals surface area contributed by atoms with Crippen molar-refractivity contribution in [3.05, 3.63) is 53.3 Å². The fourth-order valence-electron chi connectivity index (χ4n) is 3.25. The molecule has 0 saturated carbocycles. The smallest absolute Gasteiger partial charge is 0.229 e. The van der Waals surface area contributed by atoms with E-state index in [1.54, 1.807) is 19.1 Å². The molecule has 1 aliphatic heterocycles. The highest BCUT2D eigenvalue weighted by Crippen LogP contribution is 2.29. The van der Waals surface area contributed by atoms with Gasteiger partial charge in [0.1, 0.15) is 5.82 Å². The second kappa shape index (κ2) is 7.39. The summed E-state index contributed by atoms with van der Waals surface area (Å²) in [5.74, 6) is -1.41. The fourth-order valence-corrected chi connectivity index (χ4v) is 3.25. The molecule has 1 fully saturated rings. The molecule has 142 valence electrons. The van der Waals surface area contributed by atoms with Gasteiger partial charge in [-0.3, -0.25) is 9.59 Å². The Morgan fingerprint density at radius 1 is 1.19 bits per heavy atom. The SMILES string of the molecule is Cc1ccc(N2CC(C(=O)Nc3ccc(N(C)C)cc3C)CC2=O)c(F)c1. The monoisotopic (exact) mass is 369 g/mol. The van der Waals surface area contributed by atoms with Gasteiger partial charge in [0.05, 0.1) is 11.6 Å². The summed E-state index contributed by atoms with van der Waals surface area (Å²) < 4.78 is 14.2. The maximum Gasteiger partial charge on any atom is 0.229 e. The Balaban J connectivity index is 1.72. The second-order valence-electron chi connectivity index (χ2n) is 7.24. The van der Waals surface area contributed by atoms with Crippen LogP contribution < -0.4 is 15.1 Å². The second-order valence-corrected chi connectivity index (χ2v) is 7.24. The first-order valence-electron chi connectivity index (χ1n) is 8.91. The van der Waals surface area contributed by atoms with E-state index in [0.29, 0.717) is 0 Å². The lowest BCUT2D eigenvalue weighted by Crippen LogP contribution is -2.28. The van der Waals surface area contributed by atoms with E-state index in [1.807, 2.05) is 44.1 Å². The molecule has 1 unspecified atom stereocenters. The van der Waals surface area contributed by atoms with Crippen molar-refractivity contribution in [2.45, 2.75) is 20.3 Å². The summed E-state index contributed by atoms with van der Waals surface area (Å²) >= 11 is 0. The molecule has 1 heterocycles. The lowest BCUT2D eigenvalue weighted by Gasteiger charge is -2.18. The van der Waals surface area contributed by atoms with Crippen LogP contribution in [0, 0.1) is 25.6 Å². The van der Waals surface area contributed by atoms with Crippen molar-refractivity contribution in [1.82, 2.24) is 0 Å². The molecule has 1 N–H and O–H groups in total. The standard InChI is InChI=1S/C21H24FN3O2/c1-13-5-8-19(17(22)9-13)25-12-15(11-20(25)26)21(27)23-18-7-6-16(24(3)4)10-14(18)2/h5-10,15H,11-12H2,1-4H3,(H,23,27). The van der Waals surface area contributed by atoms with E-state index in [-0.39, 0.29) is 30.5 Å². The number of hydrogen-bond donors (Lipinski definition) is 1. The van der Waals surface area contributed by atoms with E-state index in [2.05, 4.69) is 5.32 Å². The number of nitrogens with zero attached hydrogens (tertiary/aromatic N) is 2. The lowest BCUT2D eigenvalue weighted by atomic mass is 10.1. The lowest BCUT2D eigenvalue weighted by molar-refractivity contribution is -0.122. The van der Waals surface area contributed by atoms with Crippen molar-refractivity contribution < 1.29 is 14.0 Å². The van der Waals surface area contributed by atoms with Crippen LogP contribution in [0.1, 0.15) is 17.5 Å². The molecular weight excluding hydrogens is 345 g/mol. The van der Waals surface area contributed by atoms with Crippen molar-refractivity contribution in [3.63, 3.8) is 0 Å². The summed E-state index contributed by atoms with van der Waals surface area (Å²) in [6, 6.07) is 10.5. The number of nitrogens with one attached hydrogen (secondary N) is 1. The molecule has 2 aromatic rings. The molecule has 0 aromatic heterocycles. The molecular formula is C21H24FN3O2. The van der Waals surface area contributed by atoms with E-state index in [9.17, 15) is 14.0 Å². The van der Waals surface area contributed by atoms with Crippen molar-refractivity contribution >= 4 is 28.9 Å². The number of aryl methyl sites for hydroxylation is 2. The molecule has 5 nitrogen and oxygen atoms in total. The third-order valence-electron chi connectivity index (χ3n) is 4.87. The van der Waals surface area contributed by atoms with Gasteiger partial charge in [-0.15, -0.1) is 0 Å². The molecule has 6 heteroatoms. The molecule has 1 aliphatic rings. The van der Waals surface area contributed by atoms with E-state index < -0.39 is 11.7 Å². The van der Waals surface area contributed by atoms with Gasteiger partial charge in [-0.25, -0.2) is 4.39 Å². The van der Waals surface area contributed by atoms with Gasteiger partial charge in [-0.2, -0.15) is 0 Å². The molecule has 0 radical (unpaired) electrons. The zero-order valence-corrected chi connectivity index (χ0v) is 16.0. The van der Waals surface area contributed by atoms with Crippen LogP contribution >= 0.6 is 0 Å². The summed E-state index contributed by atoms with van der Waals surface area (Å²) in [4.78, 5) is 28.3. The maximum atomic E-state index is 14.2. The zero-order valence-electron chi connectivity index (χ0n) is 16.0. The minimum Gasteiger partial charge on any atom is -0.378 e. The molecule has 0 bridgehead atoms. The van der Waals surface area contributed by atoms with Gasteiger partial charge >= 0.3 is 0 Å². The summed E-state index contributed by atoms with van der Waals surface area (Å²) in [5, 5.41) is 2.90. The van der Waals surface area contributed by atoms with Crippen LogP contribution in [0.2, 0.25) is 0 Å². The highest BCUT2D eigenvalue weighted by atomic mass is 19.1. The zero-order chi connectivity index (χ0) is 19.7. The van der Waals surface area contributed by atoms with Crippen LogP contribution in [0.4, 0.5) is 21.5 Å². The molecule has 0 spiro atoms. The number of hydrogen-bond acceptors (Lipinski definition) is 3. The Bertz CT molecular complexity index is 895. The first-order valence-corrected chi connectivity index (χ1v) is 8.91. The van der Waals surface area contributed by atoms with Gasteiger partial charge in [0.2, 0.25) is 11.8 Å². The average molecular weight is 369 g/mol. The van der Waals surface area contributed by atoms with Gasteiger partial charge in [0.15, 0.2) is 0 Å². The summed E-state index contributed by atoms with van der Waals surface area (Å²) in [6.07, 6.45) is 0.0774. The highest BCUT2D eigenvalue weighted by molar-refractivity contribution is 6.03. The largest absolute Gasteiger partial charge is 0.378 e. The normalized spacial score (nSPS) is 16.6. The van der Waals surface area contributed by atoms with Crippen molar-refractivity contribution in [3.8, 4) is 0 Å². The molecule has 27 heavy (non-hydrogen) atoms. The topological polar surface area (TPSA) is 52.7 Å². The first-order chi connectivity index (χ1) is 12.8. The number of carbonyl (C=O) groups excluding carboxylic acids is 2. The Labute approximate surface area is 158 Å². The van der Waals surface area contributed by atoms with Crippen LogP contribution in [0.5, 0.6) is 0 Å². The highest BCUT2D eigenvalue weighted by Gasteiger charge is 2.36. The third kappa shape index (κ3) is 3.94. The number of rotatable bonds is 4. The minimum absolute atomic E-state index is 0.0774. The Kier molecular flexibility index (Phi) is 5.17. The van der Waals surface area contributed by atoms with Gasteiger partial charge < -0.3 is 15.1 Å². The molecule has 1 atom stereocenters. The van der Waals surface area contributed by atoms with Crippen molar-refractivity contribution in [1.29, 1.82) is 0 Å². The summed E-state index contributed by atoms with van der Waals surface area (Å²) in [6.45, 7) is 3.90. The molecule has 2 amide bonds. The summed E-state index contributed by atoms with van der Waals surface area (Å²) in [7, 11) is 3.91. The number of halogens is 1. The average Bonchev–Trinajstić information content (AvgIpc) is 2.98. The van der Waals surface area contributed by atoms with Crippen LogP contribution in [0.3, 0.4) is 0 Å². The van der Waals surface area contributed by atoms with E-state index in [0.717, 1.165) is 22.5 Å².